The molecule has 1 aliphatic heterocycles. The number of ether oxygens (including phenoxy) is 1. The first kappa shape index (κ1) is 16.5. The zero-order valence-corrected chi connectivity index (χ0v) is 13.8. The third kappa shape index (κ3) is 3.30. The van der Waals surface area contributed by atoms with Gasteiger partial charge < -0.3 is 15.4 Å². The number of imide groups is 1. The predicted molar refractivity (Wildman–Crippen MR) is 91.4 cm³/mol. The van der Waals surface area contributed by atoms with Gasteiger partial charge in [0.05, 0.1) is 7.11 Å². The number of anilines is 1. The molecule has 7 nitrogen and oxygen atoms in total. The van der Waals surface area contributed by atoms with E-state index in [1.165, 1.54) is 7.05 Å². The lowest BCUT2D eigenvalue weighted by molar-refractivity contribution is -0.126. The number of nitrogens with zero attached hydrogens (tertiary/aromatic N) is 1. The highest BCUT2D eigenvalue weighted by Crippen LogP contribution is 2.23. The SMILES string of the molecule is COc1ccc(C(=O)Nc2cccc(C3NC(=O)N(C)C3=O)c2)cc1. The number of hydrogen-bond acceptors (Lipinski definition) is 4. The van der Waals surface area contributed by atoms with E-state index in [0.717, 1.165) is 4.90 Å². The first-order valence-electron chi connectivity index (χ1n) is 7.63. The molecule has 3 rings (SSSR count). The maximum Gasteiger partial charge on any atom is 0.324 e. The fourth-order valence-corrected chi connectivity index (χ4v) is 2.54. The van der Waals surface area contributed by atoms with E-state index in [1.807, 2.05) is 0 Å². The molecule has 1 saturated heterocycles. The summed E-state index contributed by atoms with van der Waals surface area (Å²) in [4.78, 5) is 37.0. The monoisotopic (exact) mass is 339 g/mol. The van der Waals surface area contributed by atoms with Crippen LogP contribution in [0.5, 0.6) is 5.75 Å². The molecule has 25 heavy (non-hydrogen) atoms. The Labute approximate surface area is 144 Å². The molecular weight excluding hydrogens is 322 g/mol. The van der Waals surface area contributed by atoms with E-state index in [2.05, 4.69) is 10.6 Å². The Morgan fingerprint density at radius 3 is 2.48 bits per heavy atom. The molecule has 2 N–H and O–H groups in total. The fourth-order valence-electron chi connectivity index (χ4n) is 2.54. The number of urea groups is 1. The molecule has 1 aliphatic rings. The molecule has 2 aromatic rings. The van der Waals surface area contributed by atoms with Gasteiger partial charge in [0.2, 0.25) is 0 Å². The number of amides is 4. The molecule has 1 unspecified atom stereocenters. The van der Waals surface area contributed by atoms with Gasteiger partial charge in [-0.3, -0.25) is 14.5 Å². The van der Waals surface area contributed by atoms with Crippen molar-refractivity contribution in [3.63, 3.8) is 0 Å². The van der Waals surface area contributed by atoms with Gasteiger partial charge in [-0.2, -0.15) is 0 Å². The van der Waals surface area contributed by atoms with Crippen LogP contribution in [0.25, 0.3) is 0 Å². The molecule has 1 heterocycles. The molecule has 1 fully saturated rings. The van der Waals surface area contributed by atoms with Crippen molar-refractivity contribution in [3.05, 3.63) is 59.7 Å². The van der Waals surface area contributed by atoms with Gasteiger partial charge in [-0.05, 0) is 42.0 Å². The van der Waals surface area contributed by atoms with Crippen LogP contribution in [0.2, 0.25) is 0 Å². The molecule has 0 spiro atoms. The summed E-state index contributed by atoms with van der Waals surface area (Å²) in [6.07, 6.45) is 0. The second kappa shape index (κ2) is 6.64. The minimum absolute atomic E-state index is 0.279. The van der Waals surface area contributed by atoms with Gasteiger partial charge in [0.15, 0.2) is 0 Å². The molecule has 1 atom stereocenters. The molecule has 0 aromatic heterocycles. The summed E-state index contributed by atoms with van der Waals surface area (Å²) in [5, 5.41) is 5.38. The Morgan fingerprint density at radius 2 is 1.88 bits per heavy atom. The van der Waals surface area contributed by atoms with E-state index in [1.54, 1.807) is 55.6 Å². The Kier molecular flexibility index (Phi) is 4.38. The van der Waals surface area contributed by atoms with Gasteiger partial charge in [-0.25, -0.2) is 4.79 Å². The summed E-state index contributed by atoms with van der Waals surface area (Å²) in [6.45, 7) is 0. The fraction of sp³-hybridized carbons (Fsp3) is 0.167. The highest BCUT2D eigenvalue weighted by molar-refractivity contribution is 6.05. The summed E-state index contributed by atoms with van der Waals surface area (Å²) in [5.41, 5.74) is 1.63. The van der Waals surface area contributed by atoms with Crippen molar-refractivity contribution in [3.8, 4) is 5.75 Å². The lowest BCUT2D eigenvalue weighted by Crippen LogP contribution is -2.25. The van der Waals surface area contributed by atoms with Crippen molar-refractivity contribution in [1.82, 2.24) is 10.2 Å². The first-order chi connectivity index (χ1) is 12.0. The predicted octanol–water partition coefficient (Wildman–Crippen LogP) is 2.17. The number of carbonyl (C=O) groups excluding carboxylic acids is 3. The molecule has 4 amide bonds. The zero-order chi connectivity index (χ0) is 18.0. The first-order valence-corrected chi connectivity index (χ1v) is 7.63. The number of carbonyl (C=O) groups is 3. The van der Waals surface area contributed by atoms with Gasteiger partial charge in [-0.15, -0.1) is 0 Å². The third-order valence-corrected chi connectivity index (χ3v) is 3.98. The highest BCUT2D eigenvalue weighted by atomic mass is 16.5. The van der Waals surface area contributed by atoms with E-state index < -0.39 is 12.1 Å². The van der Waals surface area contributed by atoms with Crippen LogP contribution in [-0.4, -0.2) is 36.9 Å². The van der Waals surface area contributed by atoms with Crippen LogP contribution >= 0.6 is 0 Å². The molecule has 0 saturated carbocycles. The normalized spacial score (nSPS) is 16.6. The molecular formula is C18H17N3O4. The van der Waals surface area contributed by atoms with Crippen molar-refractivity contribution in [2.45, 2.75) is 6.04 Å². The largest absolute Gasteiger partial charge is 0.497 e. The molecule has 0 bridgehead atoms. The highest BCUT2D eigenvalue weighted by Gasteiger charge is 2.36. The zero-order valence-electron chi connectivity index (χ0n) is 13.8. The molecule has 2 aromatic carbocycles. The van der Waals surface area contributed by atoms with Crippen LogP contribution < -0.4 is 15.4 Å². The summed E-state index contributed by atoms with van der Waals surface area (Å²) in [6, 6.07) is 12.4. The Hall–Kier alpha value is -3.35. The Morgan fingerprint density at radius 1 is 1.16 bits per heavy atom. The number of hydrogen-bond donors (Lipinski definition) is 2. The quantitative estimate of drug-likeness (QED) is 0.836. The number of rotatable bonds is 4. The van der Waals surface area contributed by atoms with Gasteiger partial charge in [0.25, 0.3) is 11.8 Å². The number of nitrogens with one attached hydrogen (secondary N) is 2. The Balaban J connectivity index is 1.76. The lowest BCUT2D eigenvalue weighted by Gasteiger charge is -2.11. The third-order valence-electron chi connectivity index (χ3n) is 3.98. The minimum Gasteiger partial charge on any atom is -0.497 e. The second-order valence-electron chi connectivity index (χ2n) is 5.59. The topological polar surface area (TPSA) is 87.7 Å². The maximum absolute atomic E-state index is 12.3. The van der Waals surface area contributed by atoms with E-state index in [4.69, 9.17) is 4.74 Å². The smallest absolute Gasteiger partial charge is 0.324 e. The van der Waals surface area contributed by atoms with Crippen LogP contribution in [0.3, 0.4) is 0 Å². The van der Waals surface area contributed by atoms with Crippen LogP contribution in [0, 0.1) is 0 Å². The van der Waals surface area contributed by atoms with Crippen molar-refractivity contribution < 1.29 is 19.1 Å². The number of benzene rings is 2. The summed E-state index contributed by atoms with van der Waals surface area (Å²) >= 11 is 0. The van der Waals surface area contributed by atoms with Crippen molar-refractivity contribution >= 4 is 23.5 Å². The van der Waals surface area contributed by atoms with E-state index in [0.29, 0.717) is 22.6 Å². The van der Waals surface area contributed by atoms with Gasteiger partial charge in [0, 0.05) is 18.3 Å². The number of likely N-dealkylation sites (N-methyl/N-ethyl adjacent to an activating group) is 1. The maximum atomic E-state index is 12.3. The van der Waals surface area contributed by atoms with E-state index in [9.17, 15) is 14.4 Å². The molecule has 0 aliphatic carbocycles. The van der Waals surface area contributed by atoms with Gasteiger partial charge in [0.1, 0.15) is 11.8 Å². The average molecular weight is 339 g/mol. The van der Waals surface area contributed by atoms with Crippen molar-refractivity contribution in [2.24, 2.45) is 0 Å². The molecule has 7 heteroatoms. The average Bonchev–Trinajstić information content (AvgIpc) is 2.89. The summed E-state index contributed by atoms with van der Waals surface area (Å²) in [7, 11) is 2.98. The molecule has 128 valence electrons. The lowest BCUT2D eigenvalue weighted by atomic mass is 10.1. The summed E-state index contributed by atoms with van der Waals surface area (Å²) in [5.74, 6) is 0.0560. The molecule has 0 radical (unpaired) electrons. The summed E-state index contributed by atoms with van der Waals surface area (Å²) < 4.78 is 5.07. The standard InChI is InChI=1S/C18H17N3O4/c1-21-17(23)15(20-18(21)24)12-4-3-5-13(10-12)19-16(22)11-6-8-14(25-2)9-7-11/h3-10,15H,1-2H3,(H,19,22)(H,20,24). The van der Waals surface area contributed by atoms with E-state index >= 15 is 0 Å². The van der Waals surface area contributed by atoms with Crippen LogP contribution in [0.1, 0.15) is 22.0 Å². The Bertz CT molecular complexity index is 832. The van der Waals surface area contributed by atoms with Crippen LogP contribution in [0.4, 0.5) is 10.5 Å². The second-order valence-corrected chi connectivity index (χ2v) is 5.59. The minimum atomic E-state index is -0.740. The van der Waals surface area contributed by atoms with Gasteiger partial charge >= 0.3 is 6.03 Å². The number of methoxy groups -OCH3 is 1. The van der Waals surface area contributed by atoms with Crippen LogP contribution in [-0.2, 0) is 4.79 Å². The van der Waals surface area contributed by atoms with Crippen LogP contribution in [0.15, 0.2) is 48.5 Å². The van der Waals surface area contributed by atoms with Crippen molar-refractivity contribution in [1.29, 1.82) is 0 Å². The van der Waals surface area contributed by atoms with Crippen molar-refractivity contribution in [2.75, 3.05) is 19.5 Å². The van der Waals surface area contributed by atoms with Gasteiger partial charge in [-0.1, -0.05) is 12.1 Å². The van der Waals surface area contributed by atoms with E-state index in [-0.39, 0.29) is 11.8 Å².